The summed E-state index contributed by atoms with van der Waals surface area (Å²) in [7, 11) is 1.63. The van der Waals surface area contributed by atoms with E-state index in [1.807, 2.05) is 13.0 Å². The van der Waals surface area contributed by atoms with Crippen molar-refractivity contribution in [2.75, 3.05) is 18.0 Å². The molecule has 0 radical (unpaired) electrons. The molecule has 1 aromatic heterocycles. The maximum absolute atomic E-state index is 13.3. The van der Waals surface area contributed by atoms with Crippen LogP contribution >= 0.6 is 15.9 Å². The third kappa shape index (κ3) is 2.62. The molecule has 0 atom stereocenters. The first-order chi connectivity index (χ1) is 10.3. The second-order valence-corrected chi connectivity index (χ2v) is 6.65. The average Bonchev–Trinajstić information content (AvgIpc) is 2.44. The lowest BCUT2D eigenvalue weighted by Gasteiger charge is -2.33. The molecule has 118 valence electrons. The van der Waals surface area contributed by atoms with Crippen molar-refractivity contribution in [1.82, 2.24) is 9.55 Å². The van der Waals surface area contributed by atoms with Crippen molar-refractivity contribution in [3.05, 3.63) is 32.5 Å². The molecule has 0 spiro atoms. The van der Waals surface area contributed by atoms with E-state index in [9.17, 15) is 13.6 Å². The number of aryl methyl sites for hydroxylation is 1. The van der Waals surface area contributed by atoms with E-state index in [2.05, 4.69) is 20.9 Å². The lowest BCUT2D eigenvalue weighted by Crippen LogP contribution is -2.42. The maximum atomic E-state index is 13.3. The number of nitrogens with zero attached hydrogens (tertiary/aromatic N) is 3. The zero-order valence-electron chi connectivity index (χ0n) is 12.4. The quantitative estimate of drug-likeness (QED) is 0.772. The number of halogens is 3. The van der Waals surface area contributed by atoms with Gasteiger partial charge in [0.15, 0.2) is 0 Å². The number of anilines is 1. The number of hydrogen-bond donors (Lipinski definition) is 0. The smallest absolute Gasteiger partial charge is 0.262 e. The first-order valence-corrected chi connectivity index (χ1v) is 7.87. The van der Waals surface area contributed by atoms with Gasteiger partial charge in [-0.25, -0.2) is 13.8 Å². The number of fused-ring (bicyclic) bond motifs is 1. The van der Waals surface area contributed by atoms with Gasteiger partial charge in [-0.05, 0) is 24.6 Å². The molecule has 1 aromatic carbocycles. The molecule has 4 nitrogen and oxygen atoms in total. The highest BCUT2D eigenvalue weighted by molar-refractivity contribution is 9.10. The fourth-order valence-electron chi connectivity index (χ4n) is 2.81. The minimum absolute atomic E-state index is 0.165. The summed E-state index contributed by atoms with van der Waals surface area (Å²) in [5, 5.41) is 0.528. The zero-order chi connectivity index (χ0) is 16.1. The number of hydrogen-bond acceptors (Lipinski definition) is 3. The van der Waals surface area contributed by atoms with E-state index >= 15 is 0 Å². The number of aromatic nitrogens is 2. The fourth-order valence-corrected chi connectivity index (χ4v) is 3.38. The van der Waals surface area contributed by atoms with Gasteiger partial charge in [0.05, 0.1) is 10.9 Å². The summed E-state index contributed by atoms with van der Waals surface area (Å²) in [5.41, 5.74) is 1.34. The molecule has 0 N–H and O–H groups in total. The topological polar surface area (TPSA) is 38.1 Å². The van der Waals surface area contributed by atoms with Crippen molar-refractivity contribution in [2.24, 2.45) is 7.05 Å². The van der Waals surface area contributed by atoms with Gasteiger partial charge in [0.1, 0.15) is 0 Å². The van der Waals surface area contributed by atoms with Crippen molar-refractivity contribution in [2.45, 2.75) is 25.7 Å². The number of benzene rings is 1. The molecule has 0 unspecified atom stereocenters. The van der Waals surface area contributed by atoms with Crippen LogP contribution in [0.2, 0.25) is 0 Å². The van der Waals surface area contributed by atoms with Gasteiger partial charge in [-0.3, -0.25) is 9.36 Å². The Balaban J connectivity index is 2.12. The summed E-state index contributed by atoms with van der Waals surface area (Å²) in [6.45, 7) is 2.29. The molecule has 0 aliphatic carbocycles. The predicted octanol–water partition coefficient (Wildman–Crippen LogP) is 3.24. The summed E-state index contributed by atoms with van der Waals surface area (Å²) in [6.07, 6.45) is -0.416. The molecule has 3 rings (SSSR count). The zero-order valence-corrected chi connectivity index (χ0v) is 14.0. The van der Waals surface area contributed by atoms with Crippen LogP contribution < -0.4 is 10.5 Å². The highest BCUT2D eigenvalue weighted by atomic mass is 79.9. The van der Waals surface area contributed by atoms with E-state index in [0.29, 0.717) is 16.9 Å². The molecule has 0 amide bonds. The lowest BCUT2D eigenvalue weighted by molar-refractivity contribution is -0.0223. The Bertz CT molecular complexity index is 793. The molecule has 0 bridgehead atoms. The third-order valence-corrected chi connectivity index (χ3v) is 4.55. The van der Waals surface area contributed by atoms with Crippen molar-refractivity contribution in [3.8, 4) is 0 Å². The third-order valence-electron chi connectivity index (χ3n) is 4.09. The van der Waals surface area contributed by atoms with E-state index in [-0.39, 0.29) is 31.5 Å². The minimum Gasteiger partial charge on any atom is -0.342 e. The Labute approximate surface area is 134 Å². The van der Waals surface area contributed by atoms with Gasteiger partial charge < -0.3 is 4.90 Å². The summed E-state index contributed by atoms with van der Waals surface area (Å²) in [6, 6.07) is 3.63. The Morgan fingerprint density at radius 2 is 1.91 bits per heavy atom. The summed E-state index contributed by atoms with van der Waals surface area (Å²) >= 11 is 3.38. The van der Waals surface area contributed by atoms with Crippen molar-refractivity contribution < 1.29 is 8.78 Å². The first-order valence-electron chi connectivity index (χ1n) is 7.08. The van der Waals surface area contributed by atoms with E-state index in [4.69, 9.17) is 0 Å². The normalized spacial score (nSPS) is 18.0. The summed E-state index contributed by atoms with van der Waals surface area (Å²) in [4.78, 5) is 18.9. The molecule has 22 heavy (non-hydrogen) atoms. The Kier molecular flexibility index (Phi) is 3.71. The average molecular weight is 372 g/mol. The predicted molar refractivity (Wildman–Crippen MR) is 85.8 cm³/mol. The fraction of sp³-hybridized carbons (Fsp3) is 0.467. The Hall–Kier alpha value is -1.50. The molecule has 1 aliphatic heterocycles. The van der Waals surface area contributed by atoms with Crippen LogP contribution in [0, 0.1) is 6.92 Å². The number of piperidine rings is 1. The molecule has 1 aliphatic rings. The van der Waals surface area contributed by atoms with Crippen LogP contribution in [0.1, 0.15) is 18.4 Å². The Morgan fingerprint density at radius 1 is 1.27 bits per heavy atom. The first kappa shape index (κ1) is 15.4. The van der Waals surface area contributed by atoms with Crippen LogP contribution in [0.4, 0.5) is 14.7 Å². The van der Waals surface area contributed by atoms with Gasteiger partial charge in [0.25, 0.3) is 11.5 Å². The molecule has 2 aromatic rings. The second kappa shape index (κ2) is 5.30. The van der Waals surface area contributed by atoms with Crippen LogP contribution in [0.3, 0.4) is 0 Å². The van der Waals surface area contributed by atoms with Crippen LogP contribution in [-0.4, -0.2) is 28.6 Å². The molecular weight excluding hydrogens is 356 g/mol. The number of alkyl halides is 2. The van der Waals surface area contributed by atoms with Crippen LogP contribution in [0.5, 0.6) is 0 Å². The van der Waals surface area contributed by atoms with Gasteiger partial charge in [0, 0.05) is 37.5 Å². The van der Waals surface area contributed by atoms with E-state index < -0.39 is 5.92 Å². The summed E-state index contributed by atoms with van der Waals surface area (Å²) < 4.78 is 28.9. The molecule has 1 saturated heterocycles. The van der Waals surface area contributed by atoms with Crippen molar-refractivity contribution >= 4 is 32.8 Å². The highest BCUT2D eigenvalue weighted by Crippen LogP contribution is 2.30. The van der Waals surface area contributed by atoms with Gasteiger partial charge >= 0.3 is 0 Å². The largest absolute Gasteiger partial charge is 0.342 e. The lowest BCUT2D eigenvalue weighted by atomic mass is 10.1. The van der Waals surface area contributed by atoms with E-state index in [0.717, 1.165) is 10.0 Å². The monoisotopic (exact) mass is 371 g/mol. The number of rotatable bonds is 1. The van der Waals surface area contributed by atoms with Gasteiger partial charge in [-0.2, -0.15) is 0 Å². The SMILES string of the molecule is Cc1cc(Br)cc2c(=O)n(C)c(N3CCC(F)(F)CC3)nc12. The van der Waals surface area contributed by atoms with E-state index in [1.165, 1.54) is 4.57 Å². The molecular formula is C15H16BrF2N3O. The molecule has 7 heteroatoms. The second-order valence-electron chi connectivity index (χ2n) is 5.74. The van der Waals surface area contributed by atoms with Gasteiger partial charge in [-0.1, -0.05) is 15.9 Å². The highest BCUT2D eigenvalue weighted by Gasteiger charge is 2.35. The molecule has 0 saturated carbocycles. The summed E-state index contributed by atoms with van der Waals surface area (Å²) in [5.74, 6) is -2.16. The standard InChI is InChI=1S/C15H16BrF2N3O/c1-9-7-10(16)8-11-12(9)19-14(20(2)13(11)22)21-5-3-15(17,18)4-6-21/h7-8H,3-6H2,1-2H3. The molecule has 2 heterocycles. The van der Waals surface area contributed by atoms with E-state index in [1.54, 1.807) is 18.0 Å². The van der Waals surface area contributed by atoms with Crippen LogP contribution in [0.25, 0.3) is 10.9 Å². The van der Waals surface area contributed by atoms with Crippen molar-refractivity contribution in [3.63, 3.8) is 0 Å². The van der Waals surface area contributed by atoms with Gasteiger partial charge in [-0.15, -0.1) is 0 Å². The Morgan fingerprint density at radius 3 is 2.55 bits per heavy atom. The maximum Gasteiger partial charge on any atom is 0.262 e. The van der Waals surface area contributed by atoms with Crippen LogP contribution in [0.15, 0.2) is 21.4 Å². The minimum atomic E-state index is -2.62. The van der Waals surface area contributed by atoms with Crippen molar-refractivity contribution in [1.29, 1.82) is 0 Å². The van der Waals surface area contributed by atoms with Crippen LogP contribution in [-0.2, 0) is 7.05 Å². The molecule has 1 fully saturated rings. The van der Waals surface area contributed by atoms with Gasteiger partial charge in [0.2, 0.25) is 5.95 Å².